The number of hydrogen-bond acceptors (Lipinski definition) is 6. The molecule has 2 fully saturated rings. The Kier molecular flexibility index (Phi) is 5.15. The van der Waals surface area contributed by atoms with Crippen LogP contribution in [0.3, 0.4) is 0 Å². The Morgan fingerprint density at radius 2 is 1.79 bits per heavy atom. The third-order valence-corrected chi connectivity index (χ3v) is 4.71. The molecule has 0 atom stereocenters. The number of rotatable bonds is 5. The van der Waals surface area contributed by atoms with Crippen molar-refractivity contribution in [3.8, 4) is 0 Å². The molecule has 2 aromatic heterocycles. The molecule has 0 amide bonds. The minimum atomic E-state index is -2.87. The molecule has 29 heavy (non-hydrogen) atoms. The zero-order valence-corrected chi connectivity index (χ0v) is 15.2. The lowest BCUT2D eigenvalue weighted by atomic mass is 10.1. The molecule has 0 unspecified atom stereocenters. The molecule has 1 N–H and O–H groups in total. The second-order valence-corrected chi connectivity index (χ2v) is 6.88. The first-order chi connectivity index (χ1) is 13.8. The molecule has 0 saturated carbocycles. The van der Waals surface area contributed by atoms with Gasteiger partial charge >= 0.3 is 0 Å². The summed E-state index contributed by atoms with van der Waals surface area (Å²) >= 11 is 0. The normalized spacial score (nSPS) is 18.7. The first kappa shape index (κ1) is 19.6. The number of halogens is 5. The number of ether oxygens (including phenoxy) is 1. The number of hydrogen-bond donors (Lipinski definition) is 1. The number of alkyl halides is 4. The smallest absolute Gasteiger partial charge is 0.282 e. The van der Waals surface area contributed by atoms with Crippen LogP contribution in [-0.2, 0) is 4.74 Å². The zero-order valence-electron chi connectivity index (χ0n) is 15.2. The molecular weight excluding hydrogens is 397 g/mol. The molecule has 0 spiro atoms. The lowest BCUT2D eigenvalue weighted by Crippen LogP contribution is -2.56. The molecule has 0 bridgehead atoms. The molecule has 0 aliphatic carbocycles. The highest BCUT2D eigenvalue weighted by Crippen LogP contribution is 2.37. The van der Waals surface area contributed by atoms with E-state index in [1.165, 1.54) is 23.1 Å². The highest BCUT2D eigenvalue weighted by molar-refractivity contribution is 5.67. The number of pyridine rings is 2. The topological polar surface area (TPSA) is 53.5 Å². The fourth-order valence-electron chi connectivity index (χ4n) is 3.20. The van der Waals surface area contributed by atoms with Gasteiger partial charge in [0.25, 0.3) is 12.3 Å². The van der Waals surface area contributed by atoms with Crippen LogP contribution in [0.25, 0.3) is 0 Å². The maximum Gasteiger partial charge on any atom is 0.282 e. The Morgan fingerprint density at radius 1 is 1.07 bits per heavy atom. The fourth-order valence-corrected chi connectivity index (χ4v) is 3.20. The van der Waals surface area contributed by atoms with Crippen LogP contribution in [-0.4, -0.2) is 55.3 Å². The molecule has 11 heteroatoms. The molecule has 0 aromatic carbocycles. The number of anilines is 4. The van der Waals surface area contributed by atoms with Crippen LogP contribution < -0.4 is 15.1 Å². The summed E-state index contributed by atoms with van der Waals surface area (Å²) in [5.74, 6) is -3.13. The maximum atomic E-state index is 15.1. The van der Waals surface area contributed by atoms with E-state index in [1.807, 2.05) is 0 Å². The SMILES string of the molecule is Fc1c(N2CC(F)(F)C2)cc(Nc2ccc(C(F)F)cn2)nc1N1CCOCC1. The van der Waals surface area contributed by atoms with Crippen LogP contribution in [0.15, 0.2) is 24.4 Å². The average molecular weight is 415 g/mol. The van der Waals surface area contributed by atoms with E-state index < -0.39 is 31.3 Å². The third kappa shape index (κ3) is 4.19. The lowest BCUT2D eigenvalue weighted by molar-refractivity contribution is -0.0265. The van der Waals surface area contributed by atoms with Crippen molar-refractivity contribution in [2.75, 3.05) is 54.5 Å². The van der Waals surface area contributed by atoms with Crippen molar-refractivity contribution < 1.29 is 26.7 Å². The molecular formula is C18H18F5N5O. The summed E-state index contributed by atoms with van der Waals surface area (Å²) in [6, 6.07) is 3.87. The first-order valence-corrected chi connectivity index (χ1v) is 8.99. The highest BCUT2D eigenvalue weighted by atomic mass is 19.3. The molecule has 156 valence electrons. The van der Waals surface area contributed by atoms with Gasteiger partial charge in [-0.15, -0.1) is 0 Å². The van der Waals surface area contributed by atoms with Gasteiger partial charge in [0.1, 0.15) is 11.6 Å². The van der Waals surface area contributed by atoms with Crippen molar-refractivity contribution in [2.24, 2.45) is 0 Å². The number of morpholine rings is 1. The maximum absolute atomic E-state index is 15.1. The van der Waals surface area contributed by atoms with Crippen LogP contribution >= 0.6 is 0 Å². The quantitative estimate of drug-likeness (QED) is 0.754. The fraction of sp³-hybridized carbons (Fsp3) is 0.444. The summed E-state index contributed by atoms with van der Waals surface area (Å²) < 4.78 is 72.3. The van der Waals surface area contributed by atoms with Crippen molar-refractivity contribution in [1.82, 2.24) is 9.97 Å². The summed E-state index contributed by atoms with van der Waals surface area (Å²) in [6.45, 7) is 0.433. The van der Waals surface area contributed by atoms with Gasteiger partial charge in [-0.3, -0.25) is 0 Å². The van der Waals surface area contributed by atoms with Gasteiger partial charge in [0.05, 0.1) is 32.0 Å². The van der Waals surface area contributed by atoms with E-state index in [0.29, 0.717) is 26.3 Å². The van der Waals surface area contributed by atoms with E-state index in [4.69, 9.17) is 4.74 Å². The molecule has 2 aliphatic heterocycles. The Balaban J connectivity index is 1.65. The van der Waals surface area contributed by atoms with Crippen LogP contribution in [0, 0.1) is 5.82 Å². The van der Waals surface area contributed by atoms with E-state index >= 15 is 4.39 Å². The second kappa shape index (κ2) is 7.62. The molecule has 2 aromatic rings. The largest absolute Gasteiger partial charge is 0.378 e. The minimum absolute atomic E-state index is 0.000817. The predicted molar refractivity (Wildman–Crippen MR) is 96.9 cm³/mol. The average Bonchev–Trinajstić information content (AvgIpc) is 2.68. The van der Waals surface area contributed by atoms with Crippen LogP contribution in [0.1, 0.15) is 12.0 Å². The van der Waals surface area contributed by atoms with E-state index in [-0.39, 0.29) is 28.7 Å². The minimum Gasteiger partial charge on any atom is -0.378 e. The third-order valence-electron chi connectivity index (χ3n) is 4.71. The second-order valence-electron chi connectivity index (χ2n) is 6.88. The molecule has 2 aliphatic rings. The molecule has 6 nitrogen and oxygen atoms in total. The summed E-state index contributed by atoms with van der Waals surface area (Å²) in [5.41, 5.74) is -0.237. The summed E-state index contributed by atoms with van der Waals surface area (Å²) in [6.07, 6.45) is -1.62. The Hall–Kier alpha value is -2.69. The number of nitrogens with zero attached hydrogens (tertiary/aromatic N) is 4. The van der Waals surface area contributed by atoms with Crippen molar-refractivity contribution in [2.45, 2.75) is 12.3 Å². The Labute approximate surface area is 163 Å². The molecule has 2 saturated heterocycles. The van der Waals surface area contributed by atoms with Crippen molar-refractivity contribution in [3.05, 3.63) is 35.8 Å². The van der Waals surface area contributed by atoms with Crippen molar-refractivity contribution in [1.29, 1.82) is 0 Å². The standard InChI is InChI=1S/C18H18F5N5O/c19-15-12(28-9-18(22,23)10-28)7-14(26-17(15)27-3-5-29-6-4-27)25-13-2-1-11(8-24-13)16(20)21/h1-2,7-8,16H,3-6,9-10H2,(H,24,25,26). The van der Waals surface area contributed by atoms with Gasteiger partial charge in [-0.1, -0.05) is 0 Å². The van der Waals surface area contributed by atoms with Crippen molar-refractivity contribution in [3.63, 3.8) is 0 Å². The lowest BCUT2D eigenvalue weighted by Gasteiger charge is -2.41. The Morgan fingerprint density at radius 3 is 2.38 bits per heavy atom. The zero-order chi connectivity index (χ0) is 20.6. The van der Waals surface area contributed by atoms with E-state index in [9.17, 15) is 17.6 Å². The summed E-state index contributed by atoms with van der Waals surface area (Å²) in [7, 11) is 0. The van der Waals surface area contributed by atoms with Crippen LogP contribution in [0.2, 0.25) is 0 Å². The van der Waals surface area contributed by atoms with Gasteiger partial charge in [0.15, 0.2) is 11.6 Å². The van der Waals surface area contributed by atoms with Gasteiger partial charge < -0.3 is 19.9 Å². The van der Waals surface area contributed by atoms with Crippen molar-refractivity contribution >= 4 is 23.1 Å². The van der Waals surface area contributed by atoms with Gasteiger partial charge in [0, 0.05) is 30.9 Å². The van der Waals surface area contributed by atoms with Gasteiger partial charge in [0.2, 0.25) is 0 Å². The van der Waals surface area contributed by atoms with E-state index in [0.717, 1.165) is 6.20 Å². The van der Waals surface area contributed by atoms with E-state index in [2.05, 4.69) is 15.3 Å². The van der Waals surface area contributed by atoms with E-state index in [1.54, 1.807) is 4.90 Å². The van der Waals surface area contributed by atoms with Gasteiger partial charge in [-0.05, 0) is 12.1 Å². The molecule has 4 heterocycles. The van der Waals surface area contributed by atoms with Crippen LogP contribution in [0.5, 0.6) is 0 Å². The number of nitrogens with one attached hydrogen (secondary N) is 1. The monoisotopic (exact) mass is 415 g/mol. The first-order valence-electron chi connectivity index (χ1n) is 8.99. The van der Waals surface area contributed by atoms with Gasteiger partial charge in [-0.2, -0.15) is 0 Å². The summed E-state index contributed by atoms with van der Waals surface area (Å²) in [5, 5.41) is 2.84. The predicted octanol–water partition coefficient (Wildman–Crippen LogP) is 3.59. The highest BCUT2D eigenvalue weighted by Gasteiger charge is 2.45. The molecule has 0 radical (unpaired) electrons. The number of aromatic nitrogens is 2. The Bertz CT molecular complexity index is 866. The summed E-state index contributed by atoms with van der Waals surface area (Å²) in [4.78, 5) is 11.1. The van der Waals surface area contributed by atoms with Crippen LogP contribution in [0.4, 0.5) is 45.1 Å². The van der Waals surface area contributed by atoms with Gasteiger partial charge in [-0.25, -0.2) is 31.9 Å². The molecule has 4 rings (SSSR count).